The number of carbonyl (C=O) groups is 3. The van der Waals surface area contributed by atoms with Crippen LogP contribution in [0.4, 0.5) is 4.79 Å². The van der Waals surface area contributed by atoms with Crippen LogP contribution in [0, 0.1) is 0 Å². The summed E-state index contributed by atoms with van der Waals surface area (Å²) < 4.78 is 31.9. The molecule has 3 N–H and O–H groups in total. The molecule has 2 aromatic rings. The van der Waals surface area contributed by atoms with E-state index in [4.69, 9.17) is 9.47 Å². The van der Waals surface area contributed by atoms with E-state index in [9.17, 15) is 23.7 Å². The molecule has 1 aromatic heterocycles. The number of carbonyl (C=O) groups excluding carboxylic acids is 3. The molecule has 0 bridgehead atoms. The Morgan fingerprint density at radius 2 is 1.93 bits per heavy atom. The van der Waals surface area contributed by atoms with Gasteiger partial charge in [-0.3, -0.25) is 24.0 Å². The monoisotopic (exact) mass is 622 g/mol. The van der Waals surface area contributed by atoms with Crippen molar-refractivity contribution >= 4 is 41.0 Å². The second-order valence-corrected chi connectivity index (χ2v) is 13.1. The Kier molecular flexibility index (Phi) is 13.1. The third-order valence-electron chi connectivity index (χ3n) is 7.25. The highest BCUT2D eigenvalue weighted by molar-refractivity contribution is 7.87. The fraction of sp³-hybridized carbons (Fsp3) is 0.655. The van der Waals surface area contributed by atoms with Crippen molar-refractivity contribution in [2.45, 2.75) is 83.9 Å². The van der Waals surface area contributed by atoms with Crippen LogP contribution in [0.25, 0.3) is 11.0 Å². The van der Waals surface area contributed by atoms with Crippen molar-refractivity contribution in [3.8, 4) is 0 Å². The highest BCUT2D eigenvalue weighted by Crippen LogP contribution is 2.23. The summed E-state index contributed by atoms with van der Waals surface area (Å²) in [6.07, 6.45) is 3.38. The van der Waals surface area contributed by atoms with E-state index in [1.807, 2.05) is 50.2 Å². The minimum Gasteiger partial charge on any atom is -0.579 e. The van der Waals surface area contributed by atoms with Gasteiger partial charge in [0, 0.05) is 45.2 Å². The van der Waals surface area contributed by atoms with Crippen molar-refractivity contribution in [3.63, 3.8) is 0 Å². The Morgan fingerprint density at radius 1 is 1.21 bits per heavy atom. The number of aromatic nitrogens is 2. The summed E-state index contributed by atoms with van der Waals surface area (Å²) in [4.78, 5) is 47.2. The van der Waals surface area contributed by atoms with Gasteiger partial charge < -0.3 is 19.3 Å². The number of piperidine rings is 1. The number of ether oxygens (including phenoxy) is 2. The summed E-state index contributed by atoms with van der Waals surface area (Å²) in [5.41, 5.74) is 2.02. The van der Waals surface area contributed by atoms with Crippen molar-refractivity contribution in [2.24, 2.45) is 7.05 Å². The third-order valence-corrected chi connectivity index (χ3v) is 8.54. The number of fused-ring (bicyclic) bond motifs is 1. The Hall–Kier alpha value is -2.91. The highest BCUT2D eigenvalue weighted by atomic mass is 32.2. The van der Waals surface area contributed by atoms with Gasteiger partial charge in [0.05, 0.1) is 24.2 Å². The number of alkyl carbamates (subject to hydrolysis) is 1. The first-order valence-electron chi connectivity index (χ1n) is 14.8. The molecule has 0 aliphatic carbocycles. The van der Waals surface area contributed by atoms with E-state index < -0.39 is 23.2 Å². The Balaban J connectivity index is 1.38. The molecular formula is C29H46N6O7S. The summed E-state index contributed by atoms with van der Waals surface area (Å²) in [5.74, 6) is -0.369. The second-order valence-electron chi connectivity index (χ2n) is 11.8. The lowest BCUT2D eigenvalue weighted by Crippen LogP contribution is -2.50. The number of amides is 3. The molecule has 3 amide bonds. The molecule has 1 saturated heterocycles. The van der Waals surface area contributed by atoms with E-state index >= 15 is 0 Å². The minimum absolute atomic E-state index is 0.00380. The van der Waals surface area contributed by atoms with Crippen molar-refractivity contribution in [2.75, 3.05) is 32.8 Å². The summed E-state index contributed by atoms with van der Waals surface area (Å²) in [5, 5.41) is 5.02. The molecular weight excluding hydrogens is 576 g/mol. The molecule has 43 heavy (non-hydrogen) atoms. The van der Waals surface area contributed by atoms with Gasteiger partial charge in [-0.25, -0.2) is 9.59 Å². The largest absolute Gasteiger partial charge is 0.579 e. The Bertz CT molecular complexity index is 1280. The van der Waals surface area contributed by atoms with Crippen LogP contribution in [0.15, 0.2) is 23.0 Å². The number of rotatable bonds is 15. The second kappa shape index (κ2) is 16.2. The molecule has 240 valence electrons. The molecule has 14 heteroatoms. The van der Waals surface area contributed by atoms with Crippen molar-refractivity contribution in [3.05, 3.63) is 34.2 Å². The van der Waals surface area contributed by atoms with Gasteiger partial charge in [-0.05, 0) is 71.4 Å². The van der Waals surface area contributed by atoms with E-state index in [-0.39, 0.29) is 30.1 Å². The number of nitrogens with zero attached hydrogens (tertiary/aromatic N) is 3. The van der Waals surface area contributed by atoms with Gasteiger partial charge in [0.2, 0.25) is 12.3 Å². The molecule has 2 heterocycles. The molecule has 1 aromatic carbocycles. The summed E-state index contributed by atoms with van der Waals surface area (Å²) >= 11 is -1.33. The van der Waals surface area contributed by atoms with Crippen LogP contribution in [-0.2, 0) is 44.1 Å². The number of imidazole rings is 1. The van der Waals surface area contributed by atoms with Crippen LogP contribution in [0.1, 0.15) is 71.4 Å². The maximum atomic E-state index is 13.1. The normalized spacial score (nSPS) is 16.1. The first-order chi connectivity index (χ1) is 20.4. The maximum Gasteiger partial charge on any atom is 0.407 e. The number of hydrogen-bond acceptors (Lipinski definition) is 9. The number of para-hydroxylation sites is 1. The lowest BCUT2D eigenvalue weighted by Gasteiger charge is -2.32. The van der Waals surface area contributed by atoms with Crippen molar-refractivity contribution in [1.29, 1.82) is 0 Å². The maximum absolute atomic E-state index is 13.1. The highest BCUT2D eigenvalue weighted by Gasteiger charge is 2.29. The van der Waals surface area contributed by atoms with Crippen LogP contribution < -0.4 is 21.0 Å². The SMILES string of the molecule is CC(CCC(=O)NC=O)n1c(=O)n(C)c2c(CCCOCCN[S+]([O-])N3CCC(NC(=O)OC(C)(C)C)CC3)cccc21. The lowest BCUT2D eigenvalue weighted by molar-refractivity contribution is -0.125. The molecule has 1 fully saturated rings. The molecule has 13 nitrogen and oxygen atoms in total. The van der Waals surface area contributed by atoms with E-state index in [0.29, 0.717) is 58.5 Å². The lowest BCUT2D eigenvalue weighted by atomic mass is 10.1. The number of aryl methyl sites for hydroxylation is 2. The van der Waals surface area contributed by atoms with Gasteiger partial charge in [0.25, 0.3) is 0 Å². The van der Waals surface area contributed by atoms with Crippen molar-refractivity contribution < 1.29 is 28.4 Å². The smallest absolute Gasteiger partial charge is 0.407 e. The van der Waals surface area contributed by atoms with Gasteiger partial charge in [-0.2, -0.15) is 0 Å². The van der Waals surface area contributed by atoms with Gasteiger partial charge in [0.1, 0.15) is 17.1 Å². The first-order valence-corrected chi connectivity index (χ1v) is 15.9. The van der Waals surface area contributed by atoms with Gasteiger partial charge in [0.15, 0.2) is 0 Å². The van der Waals surface area contributed by atoms with Gasteiger partial charge in [-0.15, -0.1) is 9.03 Å². The molecule has 0 spiro atoms. The third kappa shape index (κ3) is 10.3. The number of imide groups is 1. The fourth-order valence-corrected chi connectivity index (χ4v) is 6.14. The Morgan fingerprint density at radius 3 is 2.60 bits per heavy atom. The van der Waals surface area contributed by atoms with Crippen LogP contribution >= 0.6 is 0 Å². The van der Waals surface area contributed by atoms with E-state index in [1.54, 1.807) is 16.2 Å². The van der Waals surface area contributed by atoms with Crippen LogP contribution in [-0.4, -0.2) is 80.9 Å². The zero-order chi connectivity index (χ0) is 31.6. The summed E-state index contributed by atoms with van der Waals surface area (Å²) in [7, 11) is 1.75. The minimum atomic E-state index is -1.33. The van der Waals surface area contributed by atoms with Gasteiger partial charge in [-0.1, -0.05) is 12.1 Å². The molecule has 0 saturated carbocycles. The molecule has 0 radical (unpaired) electrons. The fourth-order valence-electron chi connectivity index (χ4n) is 5.15. The van der Waals surface area contributed by atoms with E-state index in [2.05, 4.69) is 15.4 Å². The molecule has 1 aliphatic rings. The summed E-state index contributed by atoms with van der Waals surface area (Å²) in [6, 6.07) is 5.63. The number of benzene rings is 1. The molecule has 2 atom stereocenters. The van der Waals surface area contributed by atoms with Crippen LogP contribution in [0.5, 0.6) is 0 Å². The molecule has 3 rings (SSSR count). The zero-order valence-corrected chi connectivity index (χ0v) is 26.7. The van der Waals surface area contributed by atoms with E-state index in [0.717, 1.165) is 29.4 Å². The predicted molar refractivity (Wildman–Crippen MR) is 165 cm³/mol. The molecule has 2 unspecified atom stereocenters. The first kappa shape index (κ1) is 34.6. The predicted octanol–water partition coefficient (Wildman–Crippen LogP) is 2.06. The quantitative estimate of drug-likeness (QED) is 0.154. The van der Waals surface area contributed by atoms with Crippen LogP contribution in [0.2, 0.25) is 0 Å². The standard InChI is InChI=1S/C29H46N6O7S/c1-21(11-12-25(37)30-20-36)35-24-10-6-8-22(26(24)33(5)28(35)39)9-7-18-41-19-15-31-43(40)34-16-13-23(14-17-34)32-27(38)42-29(2,3)4/h6,8,10,20-21,23,31H,7,9,11-19H2,1-5H3,(H,32,38)(H,30,36,37). The number of hydrogen-bond donors (Lipinski definition) is 3. The number of nitrogens with one attached hydrogen (secondary N) is 3. The summed E-state index contributed by atoms with van der Waals surface area (Å²) in [6.45, 7) is 9.95. The average molecular weight is 623 g/mol. The van der Waals surface area contributed by atoms with Gasteiger partial charge >= 0.3 is 11.8 Å². The topological polar surface area (TPSA) is 159 Å². The van der Waals surface area contributed by atoms with Crippen molar-refractivity contribution in [1.82, 2.24) is 28.8 Å². The Labute approximate surface area is 256 Å². The molecule has 1 aliphatic heterocycles. The van der Waals surface area contributed by atoms with Crippen LogP contribution in [0.3, 0.4) is 0 Å². The average Bonchev–Trinajstić information content (AvgIpc) is 3.20. The van der Waals surface area contributed by atoms with E-state index in [1.165, 1.54) is 0 Å². The zero-order valence-electron chi connectivity index (χ0n) is 25.8.